The summed E-state index contributed by atoms with van der Waals surface area (Å²) in [6, 6.07) is 25.0. The Balaban J connectivity index is 2.00. The smallest absolute Gasteiger partial charge is 0.336 e. The summed E-state index contributed by atoms with van der Waals surface area (Å²) < 4.78 is 5.61. The van der Waals surface area contributed by atoms with Crippen molar-refractivity contribution in [2.24, 2.45) is 0 Å². The first-order valence-electron chi connectivity index (χ1n) is 10.4. The van der Waals surface area contributed by atoms with Crippen LogP contribution >= 0.6 is 22.7 Å². The van der Waals surface area contributed by atoms with Gasteiger partial charge in [0.15, 0.2) is 5.78 Å². The van der Waals surface area contributed by atoms with E-state index in [1.165, 1.54) is 11.3 Å². The topological polar surface area (TPSA) is 43.4 Å². The lowest BCUT2D eigenvalue weighted by Crippen LogP contribution is -2.45. The normalized spacial score (nSPS) is 17.8. The average molecular weight is 457 g/mol. The third-order valence-electron chi connectivity index (χ3n) is 5.75. The molecule has 0 fully saturated rings. The van der Waals surface area contributed by atoms with Crippen molar-refractivity contribution in [3.63, 3.8) is 0 Å². The quantitative estimate of drug-likeness (QED) is 0.328. The van der Waals surface area contributed by atoms with Gasteiger partial charge in [-0.15, -0.1) is 22.7 Å². The van der Waals surface area contributed by atoms with Gasteiger partial charge in [0.2, 0.25) is 0 Å². The Morgan fingerprint density at radius 1 is 0.844 bits per heavy atom. The van der Waals surface area contributed by atoms with Crippen molar-refractivity contribution in [2.45, 2.75) is 12.3 Å². The van der Waals surface area contributed by atoms with Gasteiger partial charge in [-0.3, -0.25) is 4.79 Å². The summed E-state index contributed by atoms with van der Waals surface area (Å²) in [4.78, 5) is 29.9. The first-order valence-corrected chi connectivity index (χ1v) is 12.1. The molecule has 2 heterocycles. The molecule has 5 heteroatoms. The number of thiophene rings is 2. The molecule has 0 unspecified atom stereocenters. The van der Waals surface area contributed by atoms with Crippen LogP contribution in [0.4, 0.5) is 0 Å². The van der Waals surface area contributed by atoms with E-state index in [9.17, 15) is 9.59 Å². The fraction of sp³-hybridized carbons (Fsp3) is 0.111. The lowest BCUT2D eigenvalue weighted by molar-refractivity contribution is -0.139. The summed E-state index contributed by atoms with van der Waals surface area (Å²) in [5.74, 6) is -0.568. The molecule has 0 N–H and O–H groups in total. The van der Waals surface area contributed by atoms with Crippen LogP contribution in [0, 0.1) is 0 Å². The predicted molar refractivity (Wildman–Crippen MR) is 129 cm³/mol. The average Bonchev–Trinajstić information content (AvgIpc) is 3.55. The molecule has 0 aliphatic heterocycles. The van der Waals surface area contributed by atoms with Crippen molar-refractivity contribution in [2.75, 3.05) is 6.61 Å². The molecule has 32 heavy (non-hydrogen) atoms. The highest BCUT2D eigenvalue weighted by molar-refractivity contribution is 7.11. The number of rotatable bonds is 5. The zero-order valence-electron chi connectivity index (χ0n) is 17.4. The summed E-state index contributed by atoms with van der Waals surface area (Å²) in [7, 11) is 0. The minimum atomic E-state index is -1.28. The number of ether oxygens (including phenoxy) is 1. The molecule has 0 amide bonds. The molecule has 5 rings (SSSR count). The van der Waals surface area contributed by atoms with Gasteiger partial charge < -0.3 is 4.74 Å². The second kappa shape index (κ2) is 8.34. The van der Waals surface area contributed by atoms with Crippen molar-refractivity contribution >= 4 is 40.0 Å². The van der Waals surface area contributed by atoms with Crippen LogP contribution in [0.15, 0.2) is 95.2 Å². The van der Waals surface area contributed by atoms with Crippen molar-refractivity contribution in [1.82, 2.24) is 0 Å². The first-order chi connectivity index (χ1) is 15.7. The second-order valence-corrected chi connectivity index (χ2v) is 9.31. The van der Waals surface area contributed by atoms with Crippen LogP contribution in [0.5, 0.6) is 0 Å². The van der Waals surface area contributed by atoms with Gasteiger partial charge in [0.05, 0.1) is 12.2 Å². The van der Waals surface area contributed by atoms with Gasteiger partial charge >= 0.3 is 5.97 Å². The van der Waals surface area contributed by atoms with E-state index in [1.807, 2.05) is 89.6 Å². The van der Waals surface area contributed by atoms with E-state index in [1.54, 1.807) is 18.3 Å². The van der Waals surface area contributed by atoms with Gasteiger partial charge in [-0.25, -0.2) is 4.79 Å². The molecule has 2 aromatic carbocycles. The fourth-order valence-electron chi connectivity index (χ4n) is 4.50. The maximum Gasteiger partial charge on any atom is 0.336 e. The molecule has 1 atom stereocenters. The highest BCUT2D eigenvalue weighted by atomic mass is 32.1. The van der Waals surface area contributed by atoms with E-state index in [2.05, 4.69) is 0 Å². The van der Waals surface area contributed by atoms with Crippen molar-refractivity contribution in [3.05, 3.63) is 122 Å². The third kappa shape index (κ3) is 3.00. The number of benzene rings is 2. The van der Waals surface area contributed by atoms with Crippen LogP contribution < -0.4 is 0 Å². The summed E-state index contributed by atoms with van der Waals surface area (Å²) in [5.41, 5.74) is 2.02. The molecular weight excluding hydrogens is 436 g/mol. The van der Waals surface area contributed by atoms with Gasteiger partial charge in [0.1, 0.15) is 5.41 Å². The molecule has 0 saturated carbocycles. The van der Waals surface area contributed by atoms with Crippen LogP contribution in [-0.4, -0.2) is 18.4 Å². The second-order valence-electron chi connectivity index (χ2n) is 7.42. The summed E-state index contributed by atoms with van der Waals surface area (Å²) in [5, 5.41) is 3.93. The molecule has 4 aromatic rings. The van der Waals surface area contributed by atoms with Crippen LogP contribution in [0.2, 0.25) is 0 Å². The Kier molecular flexibility index (Phi) is 5.37. The molecule has 158 valence electrons. The zero-order valence-corrected chi connectivity index (χ0v) is 19.0. The predicted octanol–water partition coefficient (Wildman–Crippen LogP) is 6.36. The number of hydrogen-bond donors (Lipinski definition) is 0. The lowest BCUT2D eigenvalue weighted by atomic mass is 9.62. The van der Waals surface area contributed by atoms with E-state index < -0.39 is 11.4 Å². The van der Waals surface area contributed by atoms with E-state index in [0.29, 0.717) is 11.1 Å². The van der Waals surface area contributed by atoms with Crippen molar-refractivity contribution < 1.29 is 14.3 Å². The molecule has 3 nitrogen and oxygen atoms in total. The van der Waals surface area contributed by atoms with Crippen LogP contribution in [0.1, 0.15) is 38.2 Å². The highest BCUT2D eigenvalue weighted by Gasteiger charge is 2.54. The van der Waals surface area contributed by atoms with Gasteiger partial charge in [0.25, 0.3) is 0 Å². The highest BCUT2D eigenvalue weighted by Crippen LogP contribution is 2.52. The number of carbonyl (C=O) groups excluding carboxylic acids is 2. The number of esters is 1. The number of fused-ring (bicyclic) bond motifs is 1. The summed E-state index contributed by atoms with van der Waals surface area (Å²) in [6.45, 7) is 2.02. The summed E-state index contributed by atoms with van der Waals surface area (Å²) >= 11 is 3.03. The lowest BCUT2D eigenvalue weighted by Gasteiger charge is -2.39. The Hall–Kier alpha value is -3.28. The molecule has 2 aromatic heterocycles. The molecule has 1 aliphatic rings. The van der Waals surface area contributed by atoms with Gasteiger partial charge in [-0.1, -0.05) is 66.7 Å². The first kappa shape index (κ1) is 20.6. The SMILES string of the molecule is CCOC(=O)C1=C(c2cccs2)c2ccccc2C(=O)[C@@]1(c1ccccc1)c1cccs1. The Morgan fingerprint density at radius 2 is 1.53 bits per heavy atom. The summed E-state index contributed by atoms with van der Waals surface area (Å²) in [6.07, 6.45) is 0. The largest absolute Gasteiger partial charge is 0.463 e. The van der Waals surface area contributed by atoms with Gasteiger partial charge in [-0.05, 0) is 40.9 Å². The molecule has 0 radical (unpaired) electrons. The Labute approximate surface area is 194 Å². The standard InChI is InChI=1S/C27H20O3S2/c1-2-30-26(29)24-23(21-14-8-16-31-21)19-12-6-7-13-20(19)25(28)27(24,22-15-9-17-32-22)18-10-4-3-5-11-18/h3-17H,2H2,1H3/t27-/m0/s1. The van der Waals surface area contributed by atoms with Crippen molar-refractivity contribution in [1.29, 1.82) is 0 Å². The van der Waals surface area contributed by atoms with Crippen LogP contribution in [0.3, 0.4) is 0 Å². The minimum absolute atomic E-state index is 0.106. The van der Waals surface area contributed by atoms with Gasteiger partial charge in [0, 0.05) is 20.9 Å². The molecular formula is C27H20O3S2. The zero-order chi connectivity index (χ0) is 22.1. The molecule has 0 saturated heterocycles. The molecule has 0 spiro atoms. The van der Waals surface area contributed by atoms with Crippen LogP contribution in [-0.2, 0) is 14.9 Å². The monoisotopic (exact) mass is 456 g/mol. The molecule has 1 aliphatic carbocycles. The van der Waals surface area contributed by atoms with E-state index >= 15 is 0 Å². The Morgan fingerprint density at radius 3 is 2.19 bits per heavy atom. The van der Waals surface area contributed by atoms with Crippen LogP contribution in [0.25, 0.3) is 5.57 Å². The fourth-order valence-corrected chi connectivity index (χ4v) is 6.25. The van der Waals surface area contributed by atoms with Crippen molar-refractivity contribution in [3.8, 4) is 0 Å². The van der Waals surface area contributed by atoms with E-state index in [4.69, 9.17) is 4.74 Å². The molecule has 0 bridgehead atoms. The number of carbonyl (C=O) groups is 2. The van der Waals surface area contributed by atoms with E-state index in [-0.39, 0.29) is 12.4 Å². The third-order valence-corrected chi connectivity index (χ3v) is 7.63. The maximum absolute atomic E-state index is 14.4. The van der Waals surface area contributed by atoms with E-state index in [0.717, 1.165) is 26.5 Å². The Bertz CT molecular complexity index is 1300. The minimum Gasteiger partial charge on any atom is -0.463 e. The number of Topliss-reactive ketones (excluding diaryl/α,β-unsaturated/α-hetero) is 1. The van der Waals surface area contributed by atoms with Gasteiger partial charge in [-0.2, -0.15) is 0 Å². The maximum atomic E-state index is 14.4. The number of ketones is 1. The number of hydrogen-bond acceptors (Lipinski definition) is 5.